The van der Waals surface area contributed by atoms with Crippen molar-refractivity contribution in [2.75, 3.05) is 0 Å². The van der Waals surface area contributed by atoms with Gasteiger partial charge >= 0.3 is 0 Å². The zero-order valence-electron chi connectivity index (χ0n) is 21.9. The highest BCUT2D eigenvalue weighted by Gasteiger charge is 2.18. The third-order valence-corrected chi connectivity index (χ3v) is 7.41. The van der Waals surface area contributed by atoms with Crippen molar-refractivity contribution in [2.24, 2.45) is 0 Å². The molecule has 0 radical (unpaired) electrons. The van der Waals surface area contributed by atoms with Crippen LogP contribution in [0.25, 0.3) is 78.0 Å². The smallest absolute Gasteiger partial charge is 0.166 e. The zero-order valence-corrected chi connectivity index (χ0v) is 21.9. The lowest BCUT2D eigenvalue weighted by molar-refractivity contribution is 0.667. The largest absolute Gasteiger partial charge is 0.454 e. The molecule has 41 heavy (non-hydrogen) atoms. The number of aromatic nitrogens is 4. The van der Waals surface area contributed by atoms with E-state index in [1.54, 1.807) is 6.20 Å². The molecule has 0 spiro atoms. The van der Waals surface area contributed by atoms with Gasteiger partial charge in [-0.15, -0.1) is 0 Å². The molecule has 192 valence electrons. The van der Waals surface area contributed by atoms with E-state index in [1.165, 1.54) is 0 Å². The van der Waals surface area contributed by atoms with E-state index in [4.69, 9.17) is 19.4 Å². The molecule has 3 heterocycles. The van der Waals surface area contributed by atoms with Gasteiger partial charge in [0.25, 0.3) is 0 Å². The van der Waals surface area contributed by atoms with Crippen molar-refractivity contribution in [1.82, 2.24) is 19.9 Å². The van der Waals surface area contributed by atoms with Crippen LogP contribution in [0.5, 0.6) is 0 Å². The van der Waals surface area contributed by atoms with Crippen LogP contribution < -0.4 is 0 Å². The lowest BCUT2D eigenvalue weighted by atomic mass is 10.0. The van der Waals surface area contributed by atoms with Gasteiger partial charge in [-0.2, -0.15) is 0 Å². The fraction of sp³-hybridized carbons (Fsp3) is 0. The highest BCUT2D eigenvalue weighted by atomic mass is 16.3. The summed E-state index contributed by atoms with van der Waals surface area (Å²) in [7, 11) is 0. The van der Waals surface area contributed by atoms with Crippen LogP contribution in [0.4, 0.5) is 0 Å². The van der Waals surface area contributed by atoms with Gasteiger partial charge in [-0.25, -0.2) is 15.0 Å². The first kappa shape index (κ1) is 23.2. The first-order valence-corrected chi connectivity index (χ1v) is 13.5. The number of furan rings is 1. The fourth-order valence-electron chi connectivity index (χ4n) is 5.37. The molecule has 5 nitrogen and oxygen atoms in total. The molecule has 0 saturated carbocycles. The summed E-state index contributed by atoms with van der Waals surface area (Å²) >= 11 is 0. The first-order valence-electron chi connectivity index (χ1n) is 13.5. The van der Waals surface area contributed by atoms with Crippen molar-refractivity contribution in [3.63, 3.8) is 0 Å². The molecule has 0 aliphatic rings. The summed E-state index contributed by atoms with van der Waals surface area (Å²) in [5.74, 6) is 1.76. The van der Waals surface area contributed by atoms with Crippen LogP contribution in [-0.4, -0.2) is 19.9 Å². The molecule has 0 aliphatic carbocycles. The Labute approximate surface area is 235 Å². The van der Waals surface area contributed by atoms with Crippen molar-refractivity contribution >= 4 is 32.7 Å². The van der Waals surface area contributed by atoms with E-state index in [-0.39, 0.29) is 0 Å². The summed E-state index contributed by atoms with van der Waals surface area (Å²) in [6, 6.07) is 41.2. The van der Waals surface area contributed by atoms with Crippen LogP contribution in [-0.2, 0) is 0 Å². The van der Waals surface area contributed by atoms with Crippen molar-refractivity contribution in [3.05, 3.63) is 134 Å². The monoisotopic (exact) mass is 526 g/mol. The summed E-state index contributed by atoms with van der Waals surface area (Å²) in [5.41, 5.74) is 6.44. The van der Waals surface area contributed by atoms with Crippen LogP contribution >= 0.6 is 0 Å². The van der Waals surface area contributed by atoms with Crippen LogP contribution in [0, 0.1) is 0 Å². The molecule has 0 unspecified atom stereocenters. The number of hydrogen-bond donors (Lipinski definition) is 0. The molecule has 0 fully saturated rings. The first-order chi connectivity index (χ1) is 20.3. The molecule has 8 rings (SSSR count). The number of rotatable bonds is 4. The van der Waals surface area contributed by atoms with Gasteiger partial charge in [0.2, 0.25) is 0 Å². The molecule has 0 amide bonds. The Morgan fingerprint density at radius 1 is 0.439 bits per heavy atom. The summed E-state index contributed by atoms with van der Waals surface area (Å²) in [4.78, 5) is 19.4. The molecule has 0 N–H and O–H groups in total. The lowest BCUT2D eigenvalue weighted by Crippen LogP contribution is -2.00. The van der Waals surface area contributed by atoms with Crippen LogP contribution in [0.1, 0.15) is 0 Å². The van der Waals surface area contributed by atoms with Gasteiger partial charge < -0.3 is 4.42 Å². The summed E-state index contributed by atoms with van der Waals surface area (Å²) in [6.45, 7) is 0. The van der Waals surface area contributed by atoms with Gasteiger partial charge in [-0.3, -0.25) is 4.98 Å². The number of fused-ring (bicyclic) bond motifs is 4. The predicted octanol–water partition coefficient (Wildman–Crippen LogP) is 8.99. The van der Waals surface area contributed by atoms with E-state index in [2.05, 4.69) is 65.6 Å². The number of nitrogens with zero attached hydrogens (tertiary/aromatic N) is 4. The molecule has 0 bridgehead atoms. The van der Waals surface area contributed by atoms with E-state index in [0.29, 0.717) is 23.1 Å². The van der Waals surface area contributed by atoms with Gasteiger partial charge in [0.05, 0.1) is 6.20 Å². The number of pyridine rings is 1. The van der Waals surface area contributed by atoms with Crippen LogP contribution in [0.15, 0.2) is 138 Å². The molecular formula is C36H22N4O. The summed E-state index contributed by atoms with van der Waals surface area (Å²) in [6.07, 6.45) is 3.57. The van der Waals surface area contributed by atoms with Gasteiger partial charge in [0, 0.05) is 33.7 Å². The second kappa shape index (κ2) is 9.50. The van der Waals surface area contributed by atoms with Gasteiger partial charge in [0.1, 0.15) is 5.58 Å². The minimum absolute atomic E-state index is 0.551. The zero-order chi connectivity index (χ0) is 27.2. The maximum Gasteiger partial charge on any atom is 0.166 e. The summed E-state index contributed by atoms with van der Waals surface area (Å²) < 4.78 is 6.27. The Kier molecular flexibility index (Phi) is 5.38. The molecule has 5 aromatic carbocycles. The maximum atomic E-state index is 6.27. The highest BCUT2D eigenvalue weighted by Crippen LogP contribution is 2.37. The normalized spacial score (nSPS) is 11.4. The standard InChI is InChI=1S/C36H22N4O/c1-3-9-23(10-4-1)24-15-17-26(18-16-24)35-38-34(25-11-5-2-6-12-25)39-36(40-35)30-21-37-22-32-33(30)29-19-27-13-7-8-14-28(27)20-31(29)41-32/h1-22H. The summed E-state index contributed by atoms with van der Waals surface area (Å²) in [5, 5.41) is 4.22. The van der Waals surface area contributed by atoms with Crippen molar-refractivity contribution < 1.29 is 4.42 Å². The lowest BCUT2D eigenvalue weighted by Gasteiger charge is -2.09. The predicted molar refractivity (Wildman–Crippen MR) is 164 cm³/mol. The minimum Gasteiger partial charge on any atom is -0.454 e. The van der Waals surface area contributed by atoms with E-state index < -0.39 is 0 Å². The third-order valence-electron chi connectivity index (χ3n) is 7.41. The van der Waals surface area contributed by atoms with Gasteiger partial charge in [0.15, 0.2) is 23.1 Å². The van der Waals surface area contributed by atoms with Crippen molar-refractivity contribution in [2.45, 2.75) is 0 Å². The second-order valence-electron chi connectivity index (χ2n) is 9.97. The van der Waals surface area contributed by atoms with Crippen molar-refractivity contribution in [3.8, 4) is 45.3 Å². The molecule has 0 aliphatic heterocycles. The Morgan fingerprint density at radius 2 is 0.976 bits per heavy atom. The Balaban J connectivity index is 1.34. The highest BCUT2D eigenvalue weighted by molar-refractivity contribution is 6.14. The van der Waals surface area contributed by atoms with Gasteiger partial charge in [-0.05, 0) is 34.0 Å². The number of benzene rings is 5. The fourth-order valence-corrected chi connectivity index (χ4v) is 5.37. The quantitative estimate of drug-likeness (QED) is 0.229. The van der Waals surface area contributed by atoms with E-state index in [0.717, 1.165) is 54.9 Å². The molecule has 3 aromatic heterocycles. The SMILES string of the molecule is c1ccc(-c2ccc(-c3nc(-c4ccccc4)nc(-c4cncc5oc6cc7ccccc7cc6c45)n3)cc2)cc1. The van der Waals surface area contributed by atoms with E-state index in [9.17, 15) is 0 Å². The van der Waals surface area contributed by atoms with Crippen LogP contribution in [0.3, 0.4) is 0 Å². The number of hydrogen-bond acceptors (Lipinski definition) is 5. The molecule has 5 heteroatoms. The Bertz CT molecular complexity index is 2190. The second-order valence-corrected chi connectivity index (χ2v) is 9.97. The van der Waals surface area contributed by atoms with Crippen molar-refractivity contribution in [1.29, 1.82) is 0 Å². The average molecular weight is 527 g/mol. The van der Waals surface area contributed by atoms with Gasteiger partial charge in [-0.1, -0.05) is 109 Å². The topological polar surface area (TPSA) is 64.7 Å². The third kappa shape index (κ3) is 4.12. The average Bonchev–Trinajstić information content (AvgIpc) is 3.42. The Hall–Kier alpha value is -5.68. The molecule has 0 atom stereocenters. The minimum atomic E-state index is 0.551. The Morgan fingerprint density at radius 3 is 1.68 bits per heavy atom. The molecule has 8 aromatic rings. The molecular weight excluding hydrogens is 504 g/mol. The molecule has 0 saturated heterocycles. The van der Waals surface area contributed by atoms with E-state index in [1.807, 2.05) is 66.9 Å². The van der Waals surface area contributed by atoms with E-state index >= 15 is 0 Å². The maximum absolute atomic E-state index is 6.27. The van der Waals surface area contributed by atoms with Crippen LogP contribution in [0.2, 0.25) is 0 Å².